The monoisotopic (exact) mass is 335 g/mol. The summed E-state index contributed by atoms with van der Waals surface area (Å²) in [6.07, 6.45) is 4.74. The van der Waals surface area contributed by atoms with Crippen LogP contribution in [0.2, 0.25) is 0 Å². The molecule has 3 heterocycles. The molecule has 2 N–H and O–H groups in total. The highest BCUT2D eigenvalue weighted by atomic mass is 32.1. The average molecular weight is 335 g/mol. The maximum absolute atomic E-state index is 12.0. The molecule has 124 valence electrons. The van der Waals surface area contributed by atoms with Gasteiger partial charge >= 0.3 is 0 Å². The van der Waals surface area contributed by atoms with E-state index in [1.165, 1.54) is 0 Å². The molecule has 1 atom stereocenters. The fraction of sp³-hybridized carbons (Fsp3) is 0.667. The van der Waals surface area contributed by atoms with E-state index in [1.807, 2.05) is 17.6 Å². The summed E-state index contributed by atoms with van der Waals surface area (Å²) in [4.78, 5) is 19.5. The van der Waals surface area contributed by atoms with Gasteiger partial charge in [-0.2, -0.15) is 0 Å². The summed E-state index contributed by atoms with van der Waals surface area (Å²) in [6.45, 7) is 3.59. The Bertz CT molecular complexity index is 683. The molecule has 2 aromatic rings. The first-order chi connectivity index (χ1) is 11.1. The predicted octanol–water partition coefficient (Wildman–Crippen LogP) is 0.955. The molecule has 4 rings (SSSR count). The number of aryl methyl sites for hydroxylation is 1. The molecule has 1 amide bonds. The van der Waals surface area contributed by atoms with Crippen molar-refractivity contribution in [1.29, 1.82) is 0 Å². The third-order valence-corrected chi connectivity index (χ3v) is 5.59. The third-order valence-electron chi connectivity index (χ3n) is 4.60. The number of hydrogen-bond acceptors (Lipinski definition) is 6. The predicted molar refractivity (Wildman–Crippen MR) is 87.7 cm³/mol. The minimum Gasteiger partial charge on any atom is -0.383 e. The van der Waals surface area contributed by atoms with Gasteiger partial charge in [0.25, 0.3) is 0 Å². The van der Waals surface area contributed by atoms with E-state index in [9.17, 15) is 9.90 Å². The number of aliphatic hydroxyl groups is 1. The van der Waals surface area contributed by atoms with Crippen LogP contribution in [-0.4, -0.2) is 50.8 Å². The van der Waals surface area contributed by atoms with Crippen molar-refractivity contribution >= 4 is 27.3 Å². The smallest absolute Gasteiger partial charge is 0.249 e. The van der Waals surface area contributed by atoms with Crippen molar-refractivity contribution in [1.82, 2.24) is 19.9 Å². The molecule has 0 radical (unpaired) electrons. The summed E-state index contributed by atoms with van der Waals surface area (Å²) >= 11 is 1.58. The zero-order valence-electron chi connectivity index (χ0n) is 13.1. The van der Waals surface area contributed by atoms with E-state index in [4.69, 9.17) is 0 Å². The van der Waals surface area contributed by atoms with Crippen molar-refractivity contribution in [2.45, 2.75) is 44.8 Å². The number of hydrogen-bond donors (Lipinski definition) is 2. The molecule has 0 bridgehead atoms. The number of rotatable bonds is 4. The van der Waals surface area contributed by atoms with E-state index < -0.39 is 6.10 Å². The standard InChI is InChI=1S/C15H21N5O2S/c1-9-8-20-14(16-9)23-15(18-20)19-6-4-10(5-7-19)12(21)13(22)17-11-2-3-11/h8,10-12,21H,2-7H2,1H3,(H,17,22)/t12-/m0/s1. The molecule has 0 spiro atoms. The van der Waals surface area contributed by atoms with Crippen LogP contribution in [0, 0.1) is 12.8 Å². The van der Waals surface area contributed by atoms with Gasteiger partial charge in [-0.1, -0.05) is 11.3 Å². The molecule has 1 saturated heterocycles. The molecule has 1 aliphatic heterocycles. The molecule has 2 aliphatic rings. The number of aromatic nitrogens is 3. The van der Waals surface area contributed by atoms with Gasteiger partial charge in [0, 0.05) is 19.1 Å². The Kier molecular flexibility index (Phi) is 3.73. The number of fused-ring (bicyclic) bond motifs is 1. The lowest BCUT2D eigenvalue weighted by Crippen LogP contribution is -2.45. The summed E-state index contributed by atoms with van der Waals surface area (Å²) in [5.74, 6) is -0.162. The van der Waals surface area contributed by atoms with Gasteiger partial charge in [0.15, 0.2) is 0 Å². The molecule has 1 aliphatic carbocycles. The highest BCUT2D eigenvalue weighted by Crippen LogP contribution is 2.29. The van der Waals surface area contributed by atoms with Crippen LogP contribution >= 0.6 is 11.3 Å². The first-order valence-electron chi connectivity index (χ1n) is 8.16. The summed E-state index contributed by atoms with van der Waals surface area (Å²) in [5, 5.41) is 18.6. The summed E-state index contributed by atoms with van der Waals surface area (Å²) in [5.41, 5.74) is 0.971. The average Bonchev–Trinajstić information content (AvgIpc) is 3.16. The van der Waals surface area contributed by atoms with Crippen molar-refractivity contribution in [3.05, 3.63) is 11.9 Å². The lowest BCUT2D eigenvalue weighted by atomic mass is 9.91. The van der Waals surface area contributed by atoms with E-state index in [2.05, 4.69) is 20.3 Å². The zero-order chi connectivity index (χ0) is 16.0. The highest BCUT2D eigenvalue weighted by molar-refractivity contribution is 7.20. The van der Waals surface area contributed by atoms with Gasteiger partial charge in [0.1, 0.15) is 6.10 Å². The highest BCUT2D eigenvalue weighted by Gasteiger charge is 2.33. The number of anilines is 1. The summed E-state index contributed by atoms with van der Waals surface area (Å²) in [6, 6.07) is 0.298. The normalized spacial score (nSPS) is 20.9. The molecule has 1 saturated carbocycles. The minimum absolute atomic E-state index is 0.0382. The fourth-order valence-electron chi connectivity index (χ4n) is 3.06. The molecule has 7 nitrogen and oxygen atoms in total. The zero-order valence-corrected chi connectivity index (χ0v) is 13.9. The molecular weight excluding hydrogens is 314 g/mol. The third kappa shape index (κ3) is 3.05. The minimum atomic E-state index is -0.881. The Labute approximate surface area is 138 Å². The Morgan fingerprint density at radius 2 is 2.13 bits per heavy atom. The van der Waals surface area contributed by atoms with Crippen LogP contribution in [-0.2, 0) is 4.79 Å². The topological polar surface area (TPSA) is 82.8 Å². The number of carbonyl (C=O) groups excluding carboxylic acids is 1. The van der Waals surface area contributed by atoms with Crippen molar-refractivity contribution < 1.29 is 9.90 Å². The lowest BCUT2D eigenvalue weighted by molar-refractivity contribution is -0.132. The van der Waals surface area contributed by atoms with Crippen LogP contribution < -0.4 is 10.2 Å². The number of piperidine rings is 1. The van der Waals surface area contributed by atoms with Gasteiger partial charge in [-0.25, -0.2) is 9.50 Å². The molecule has 0 unspecified atom stereocenters. The number of amides is 1. The molecule has 2 fully saturated rings. The van der Waals surface area contributed by atoms with E-state index in [0.717, 1.165) is 54.6 Å². The van der Waals surface area contributed by atoms with Gasteiger partial charge < -0.3 is 15.3 Å². The SMILES string of the molecule is Cc1cn2nc(N3CCC([C@H](O)C(=O)NC4CC4)CC3)sc2n1. The molecule has 0 aromatic carbocycles. The number of carbonyl (C=O) groups is 1. The largest absolute Gasteiger partial charge is 0.383 e. The second-order valence-corrected chi connectivity index (χ2v) is 7.48. The van der Waals surface area contributed by atoms with E-state index in [0.29, 0.717) is 6.04 Å². The Morgan fingerprint density at radius 3 is 2.78 bits per heavy atom. The van der Waals surface area contributed by atoms with Crippen LogP contribution in [0.25, 0.3) is 4.96 Å². The Balaban J connectivity index is 1.36. The van der Waals surface area contributed by atoms with Crippen LogP contribution in [0.4, 0.5) is 5.13 Å². The maximum Gasteiger partial charge on any atom is 0.249 e. The van der Waals surface area contributed by atoms with Crippen molar-refractivity contribution in [3.8, 4) is 0 Å². The van der Waals surface area contributed by atoms with Gasteiger partial charge in [0.05, 0.1) is 11.9 Å². The molecule has 8 heteroatoms. The molecular formula is C15H21N5O2S. The number of aliphatic hydroxyl groups excluding tert-OH is 1. The Morgan fingerprint density at radius 1 is 1.39 bits per heavy atom. The van der Waals surface area contributed by atoms with Gasteiger partial charge in [-0.05, 0) is 38.5 Å². The fourth-order valence-corrected chi connectivity index (χ4v) is 4.04. The van der Waals surface area contributed by atoms with Crippen LogP contribution in [0.15, 0.2) is 6.20 Å². The second-order valence-electron chi connectivity index (χ2n) is 6.55. The number of nitrogens with one attached hydrogen (secondary N) is 1. The number of nitrogens with zero attached hydrogens (tertiary/aromatic N) is 4. The van der Waals surface area contributed by atoms with E-state index in [1.54, 1.807) is 11.3 Å². The van der Waals surface area contributed by atoms with Gasteiger partial charge in [-0.3, -0.25) is 4.79 Å². The van der Waals surface area contributed by atoms with Crippen LogP contribution in [0.3, 0.4) is 0 Å². The molecule has 2 aromatic heterocycles. The molecule has 23 heavy (non-hydrogen) atoms. The van der Waals surface area contributed by atoms with E-state index in [-0.39, 0.29) is 11.8 Å². The lowest BCUT2D eigenvalue weighted by Gasteiger charge is -2.33. The van der Waals surface area contributed by atoms with Crippen molar-refractivity contribution in [2.24, 2.45) is 5.92 Å². The van der Waals surface area contributed by atoms with Gasteiger partial charge in [-0.15, -0.1) is 5.10 Å². The summed E-state index contributed by atoms with van der Waals surface area (Å²) < 4.78 is 1.82. The maximum atomic E-state index is 12.0. The van der Waals surface area contributed by atoms with Crippen molar-refractivity contribution in [3.63, 3.8) is 0 Å². The van der Waals surface area contributed by atoms with Crippen LogP contribution in [0.1, 0.15) is 31.4 Å². The van der Waals surface area contributed by atoms with Gasteiger partial charge in [0.2, 0.25) is 16.0 Å². The Hall–Kier alpha value is -1.67. The first kappa shape index (κ1) is 14.9. The quantitative estimate of drug-likeness (QED) is 0.869. The van der Waals surface area contributed by atoms with E-state index >= 15 is 0 Å². The number of imidazole rings is 1. The summed E-state index contributed by atoms with van der Waals surface area (Å²) in [7, 11) is 0. The first-order valence-corrected chi connectivity index (χ1v) is 8.98. The van der Waals surface area contributed by atoms with Crippen molar-refractivity contribution in [2.75, 3.05) is 18.0 Å². The second kappa shape index (κ2) is 5.76. The van der Waals surface area contributed by atoms with Crippen LogP contribution in [0.5, 0.6) is 0 Å².